The highest BCUT2D eigenvalue weighted by atomic mass is 32.2. The smallest absolute Gasteiger partial charge is 0.338 e. The van der Waals surface area contributed by atoms with Crippen molar-refractivity contribution in [1.82, 2.24) is 4.31 Å². The summed E-state index contributed by atoms with van der Waals surface area (Å²) < 4.78 is 32.7. The number of carbonyl (C=O) groups is 2. The van der Waals surface area contributed by atoms with Crippen LogP contribution >= 0.6 is 0 Å². The van der Waals surface area contributed by atoms with Crippen molar-refractivity contribution in [3.05, 3.63) is 76.6 Å². The quantitative estimate of drug-likeness (QED) is 0.286. The summed E-state index contributed by atoms with van der Waals surface area (Å²) in [4.78, 5) is 23.9. The van der Waals surface area contributed by atoms with Gasteiger partial charge in [0, 0.05) is 18.8 Å². The van der Waals surface area contributed by atoms with Crippen LogP contribution in [0.15, 0.2) is 64.8 Å². The lowest BCUT2D eigenvalue weighted by atomic mass is 10.0. The summed E-state index contributed by atoms with van der Waals surface area (Å²) in [5.74, 6) is -1.92. The number of allylic oxidation sites excluding steroid dienone is 1. The maximum atomic E-state index is 13.1. The number of hydrogen-bond acceptors (Lipinski definition) is 7. The predicted molar refractivity (Wildman–Crippen MR) is 118 cm³/mol. The molecule has 0 bridgehead atoms. The lowest BCUT2D eigenvalue weighted by molar-refractivity contribution is -0.113. The van der Waals surface area contributed by atoms with Crippen LogP contribution in [0, 0.1) is 5.41 Å². The van der Waals surface area contributed by atoms with Gasteiger partial charge in [-0.05, 0) is 49.6 Å². The zero-order chi connectivity index (χ0) is 23.5. The van der Waals surface area contributed by atoms with Gasteiger partial charge >= 0.3 is 5.97 Å². The highest BCUT2D eigenvalue weighted by Gasteiger charge is 2.29. The summed E-state index contributed by atoms with van der Waals surface area (Å²) in [5.41, 5.74) is 1.69. The standard InChI is InChI=1S/C23H24N2O6S/c1-15(24)22(16(2)26)21(27)14-31-23(28)18-8-5-9-20(12-18)32(29,30)25-11-10-17-6-3-4-7-19(17)13-25/h3-9,12,24,27H,10-11,13-14H2,1-2H3/b22-21-,24-15?. The summed E-state index contributed by atoms with van der Waals surface area (Å²) in [5, 5.41) is 17.6. The van der Waals surface area contributed by atoms with Gasteiger partial charge in [0.25, 0.3) is 0 Å². The fourth-order valence-corrected chi connectivity index (χ4v) is 5.05. The highest BCUT2D eigenvalue weighted by Crippen LogP contribution is 2.25. The maximum absolute atomic E-state index is 13.1. The average Bonchev–Trinajstić information content (AvgIpc) is 2.76. The van der Waals surface area contributed by atoms with Crippen molar-refractivity contribution in [2.75, 3.05) is 13.2 Å². The minimum absolute atomic E-state index is 0.00719. The zero-order valence-corrected chi connectivity index (χ0v) is 18.6. The van der Waals surface area contributed by atoms with Crippen molar-refractivity contribution in [2.45, 2.75) is 31.7 Å². The number of Topliss-reactive ketones (excluding diaryl/α,β-unsaturated/α-hetero) is 1. The Bertz CT molecular complexity index is 1200. The van der Waals surface area contributed by atoms with E-state index in [1.807, 2.05) is 24.3 Å². The highest BCUT2D eigenvalue weighted by molar-refractivity contribution is 7.89. The van der Waals surface area contributed by atoms with Crippen LogP contribution in [0.4, 0.5) is 0 Å². The van der Waals surface area contributed by atoms with Gasteiger partial charge in [-0.3, -0.25) is 4.79 Å². The molecule has 2 aromatic rings. The van der Waals surface area contributed by atoms with Crippen molar-refractivity contribution in [3.63, 3.8) is 0 Å². The van der Waals surface area contributed by atoms with E-state index in [0.717, 1.165) is 11.1 Å². The summed E-state index contributed by atoms with van der Waals surface area (Å²) in [6.07, 6.45) is 0.605. The second kappa shape index (κ2) is 9.46. The Morgan fingerprint density at radius 2 is 1.78 bits per heavy atom. The minimum Gasteiger partial charge on any atom is -0.508 e. The molecule has 168 valence electrons. The molecular weight excluding hydrogens is 432 g/mol. The number of aliphatic hydroxyl groups excluding tert-OH is 1. The molecule has 0 radical (unpaired) electrons. The Kier molecular flexibility index (Phi) is 6.90. The van der Waals surface area contributed by atoms with Crippen LogP contribution in [-0.4, -0.2) is 48.4 Å². The number of ether oxygens (including phenoxy) is 1. The molecular formula is C23H24N2O6S. The number of nitrogens with one attached hydrogen (secondary N) is 1. The number of esters is 1. The molecule has 1 aliphatic rings. The molecule has 0 saturated heterocycles. The number of sulfonamides is 1. The van der Waals surface area contributed by atoms with Crippen molar-refractivity contribution in [3.8, 4) is 0 Å². The molecule has 1 heterocycles. The molecule has 32 heavy (non-hydrogen) atoms. The van der Waals surface area contributed by atoms with Gasteiger partial charge in [-0.25, -0.2) is 13.2 Å². The molecule has 0 saturated carbocycles. The van der Waals surface area contributed by atoms with Crippen molar-refractivity contribution >= 4 is 27.5 Å². The number of hydrogen-bond donors (Lipinski definition) is 2. The Labute approximate surface area is 186 Å². The van der Waals surface area contributed by atoms with Crippen LogP contribution in [0.25, 0.3) is 0 Å². The van der Waals surface area contributed by atoms with Gasteiger partial charge in [0.05, 0.1) is 16.0 Å². The van der Waals surface area contributed by atoms with Gasteiger partial charge in [0.15, 0.2) is 5.78 Å². The Morgan fingerprint density at radius 1 is 1.09 bits per heavy atom. The van der Waals surface area contributed by atoms with E-state index in [-0.39, 0.29) is 28.3 Å². The molecule has 0 amide bonds. The van der Waals surface area contributed by atoms with Crippen LogP contribution in [-0.2, 0) is 32.5 Å². The van der Waals surface area contributed by atoms with Crippen LogP contribution < -0.4 is 0 Å². The lowest BCUT2D eigenvalue weighted by Crippen LogP contribution is -2.36. The first-order valence-electron chi connectivity index (χ1n) is 9.94. The number of ketones is 1. The van der Waals surface area contributed by atoms with E-state index in [1.54, 1.807) is 0 Å². The van der Waals surface area contributed by atoms with Gasteiger partial charge in [0.1, 0.15) is 12.4 Å². The second-order valence-corrected chi connectivity index (χ2v) is 9.40. The van der Waals surface area contributed by atoms with Crippen LogP contribution in [0.5, 0.6) is 0 Å². The molecule has 0 aliphatic carbocycles. The third-order valence-electron chi connectivity index (χ3n) is 5.16. The minimum atomic E-state index is -3.83. The number of aliphatic hydroxyl groups is 1. The monoisotopic (exact) mass is 456 g/mol. The Balaban J connectivity index is 1.78. The lowest BCUT2D eigenvalue weighted by Gasteiger charge is -2.28. The molecule has 0 fully saturated rings. The third-order valence-corrected chi connectivity index (χ3v) is 7.00. The topological polar surface area (TPSA) is 125 Å². The number of benzene rings is 2. The van der Waals surface area contributed by atoms with Crippen LogP contribution in [0.1, 0.15) is 35.3 Å². The third kappa shape index (κ3) is 4.95. The fourth-order valence-electron chi connectivity index (χ4n) is 3.58. The molecule has 0 unspecified atom stereocenters. The van der Waals surface area contributed by atoms with Gasteiger partial charge in [-0.1, -0.05) is 30.3 Å². The summed E-state index contributed by atoms with van der Waals surface area (Å²) in [6, 6.07) is 13.2. The molecule has 0 aromatic heterocycles. The predicted octanol–water partition coefficient (Wildman–Crippen LogP) is 3.03. The van der Waals surface area contributed by atoms with E-state index in [9.17, 15) is 23.1 Å². The number of fused-ring (bicyclic) bond motifs is 1. The largest absolute Gasteiger partial charge is 0.508 e. The molecule has 0 spiro atoms. The Hall–Kier alpha value is -3.30. The SMILES string of the molecule is CC(=N)/C(C(C)=O)=C(/O)COC(=O)c1cccc(S(=O)(=O)N2CCc3ccccc3C2)c1. The number of nitrogens with zero attached hydrogens (tertiary/aromatic N) is 1. The summed E-state index contributed by atoms with van der Waals surface area (Å²) in [6.45, 7) is 2.51. The van der Waals surface area contributed by atoms with Gasteiger partial charge in [-0.2, -0.15) is 4.31 Å². The average molecular weight is 457 g/mol. The number of rotatable bonds is 7. The first kappa shape index (κ1) is 23.4. The van der Waals surface area contributed by atoms with E-state index in [2.05, 4.69) is 0 Å². The van der Waals surface area contributed by atoms with Gasteiger partial charge in [0.2, 0.25) is 10.0 Å². The van der Waals surface area contributed by atoms with E-state index in [1.165, 1.54) is 42.4 Å². The van der Waals surface area contributed by atoms with Crippen molar-refractivity contribution in [2.24, 2.45) is 0 Å². The zero-order valence-electron chi connectivity index (χ0n) is 17.8. The molecule has 2 aromatic carbocycles. The van der Waals surface area contributed by atoms with Crippen LogP contribution in [0.3, 0.4) is 0 Å². The second-order valence-electron chi connectivity index (χ2n) is 7.46. The molecule has 0 atom stereocenters. The van der Waals surface area contributed by atoms with Crippen molar-refractivity contribution in [1.29, 1.82) is 5.41 Å². The van der Waals surface area contributed by atoms with Gasteiger partial charge < -0.3 is 15.3 Å². The normalized spacial score (nSPS) is 14.8. The molecule has 1 aliphatic heterocycles. The van der Waals surface area contributed by atoms with E-state index >= 15 is 0 Å². The summed E-state index contributed by atoms with van der Waals surface area (Å²) in [7, 11) is -3.83. The number of carbonyl (C=O) groups excluding carboxylic acids is 2. The maximum Gasteiger partial charge on any atom is 0.338 e. The van der Waals surface area contributed by atoms with Crippen molar-refractivity contribution < 1.29 is 27.9 Å². The van der Waals surface area contributed by atoms with E-state index in [0.29, 0.717) is 13.0 Å². The Morgan fingerprint density at radius 3 is 2.44 bits per heavy atom. The van der Waals surface area contributed by atoms with E-state index in [4.69, 9.17) is 10.1 Å². The fraction of sp³-hybridized carbons (Fsp3) is 0.261. The molecule has 9 heteroatoms. The first-order chi connectivity index (χ1) is 15.1. The van der Waals surface area contributed by atoms with Crippen LogP contribution in [0.2, 0.25) is 0 Å². The molecule has 3 rings (SSSR count). The van der Waals surface area contributed by atoms with E-state index < -0.39 is 34.1 Å². The molecule has 8 nitrogen and oxygen atoms in total. The molecule has 2 N–H and O–H groups in total. The van der Waals surface area contributed by atoms with Gasteiger partial charge in [-0.15, -0.1) is 0 Å². The summed E-state index contributed by atoms with van der Waals surface area (Å²) >= 11 is 0. The first-order valence-corrected chi connectivity index (χ1v) is 11.4.